The van der Waals surface area contributed by atoms with Gasteiger partial charge in [0.25, 0.3) is 0 Å². The molecule has 0 aliphatic carbocycles. The lowest BCUT2D eigenvalue weighted by molar-refractivity contribution is 0.103. The van der Waals surface area contributed by atoms with Gasteiger partial charge in [0.2, 0.25) is 0 Å². The fourth-order valence-electron chi connectivity index (χ4n) is 2.40. The second-order valence-corrected chi connectivity index (χ2v) is 4.99. The Bertz CT molecular complexity index is 662. The van der Waals surface area contributed by atoms with Crippen molar-refractivity contribution >= 4 is 11.5 Å². The third-order valence-electron chi connectivity index (χ3n) is 3.68. The second-order valence-electron chi connectivity index (χ2n) is 4.99. The zero-order valence-electron chi connectivity index (χ0n) is 12.8. The predicted octanol–water partition coefficient (Wildman–Crippen LogP) is 3.63. The van der Waals surface area contributed by atoms with E-state index in [4.69, 9.17) is 10.5 Å². The summed E-state index contributed by atoms with van der Waals surface area (Å²) in [6, 6.07) is 11.2. The van der Waals surface area contributed by atoms with E-state index < -0.39 is 0 Å². The van der Waals surface area contributed by atoms with Crippen LogP contribution in [0.4, 0.5) is 5.69 Å². The lowest BCUT2D eigenvalue weighted by Gasteiger charge is -2.12. The standard InChI is InChI=1S/C18H21NO2/c1-4-12-6-7-13(5-2)16(10-12)18(20)15-9-8-14(19)11-17(15)21-3/h6-11H,4-5,19H2,1-3H3. The van der Waals surface area contributed by atoms with Crippen LogP contribution in [0, 0.1) is 0 Å². The van der Waals surface area contributed by atoms with Gasteiger partial charge in [0.15, 0.2) is 5.78 Å². The Morgan fingerprint density at radius 3 is 2.43 bits per heavy atom. The molecule has 0 spiro atoms. The number of carbonyl (C=O) groups is 1. The van der Waals surface area contributed by atoms with Crippen LogP contribution in [0.2, 0.25) is 0 Å². The molecule has 2 aromatic rings. The third kappa shape index (κ3) is 3.07. The quantitative estimate of drug-likeness (QED) is 0.673. The number of hydrogen-bond acceptors (Lipinski definition) is 3. The number of anilines is 1. The third-order valence-corrected chi connectivity index (χ3v) is 3.68. The SMILES string of the molecule is CCc1ccc(CC)c(C(=O)c2ccc(N)cc2OC)c1. The maximum absolute atomic E-state index is 12.9. The molecular weight excluding hydrogens is 262 g/mol. The summed E-state index contributed by atoms with van der Waals surface area (Å²) in [5, 5.41) is 0. The first-order valence-electron chi connectivity index (χ1n) is 7.20. The van der Waals surface area contributed by atoms with Crippen LogP contribution in [0.15, 0.2) is 36.4 Å². The van der Waals surface area contributed by atoms with Crippen LogP contribution in [0.25, 0.3) is 0 Å². The van der Waals surface area contributed by atoms with E-state index in [2.05, 4.69) is 19.9 Å². The van der Waals surface area contributed by atoms with Gasteiger partial charge in [-0.3, -0.25) is 4.79 Å². The molecule has 0 radical (unpaired) electrons. The number of ketones is 1. The van der Waals surface area contributed by atoms with Crippen molar-refractivity contribution in [2.75, 3.05) is 12.8 Å². The Kier molecular flexibility index (Phi) is 4.63. The van der Waals surface area contributed by atoms with Gasteiger partial charge in [0.1, 0.15) is 5.75 Å². The zero-order chi connectivity index (χ0) is 15.4. The number of methoxy groups -OCH3 is 1. The molecule has 2 rings (SSSR count). The second kappa shape index (κ2) is 6.44. The van der Waals surface area contributed by atoms with E-state index in [1.165, 1.54) is 0 Å². The lowest BCUT2D eigenvalue weighted by Crippen LogP contribution is -2.08. The van der Waals surface area contributed by atoms with Crippen LogP contribution in [0.5, 0.6) is 5.75 Å². The van der Waals surface area contributed by atoms with Crippen LogP contribution in [-0.4, -0.2) is 12.9 Å². The Morgan fingerprint density at radius 1 is 1.05 bits per heavy atom. The Balaban J connectivity index is 2.53. The number of hydrogen-bond donors (Lipinski definition) is 1. The topological polar surface area (TPSA) is 52.3 Å². The number of nitrogen functional groups attached to an aromatic ring is 1. The van der Waals surface area contributed by atoms with E-state index in [9.17, 15) is 4.79 Å². The van der Waals surface area contributed by atoms with E-state index in [0.717, 1.165) is 29.5 Å². The predicted molar refractivity (Wildman–Crippen MR) is 86.0 cm³/mol. The molecule has 0 aliphatic heterocycles. The summed E-state index contributed by atoms with van der Waals surface area (Å²) in [6.45, 7) is 4.14. The average molecular weight is 283 g/mol. The number of nitrogens with two attached hydrogens (primary N) is 1. The van der Waals surface area contributed by atoms with Crippen molar-refractivity contribution in [1.29, 1.82) is 0 Å². The number of benzene rings is 2. The molecule has 0 fully saturated rings. The van der Waals surface area contributed by atoms with E-state index in [-0.39, 0.29) is 5.78 Å². The molecule has 0 heterocycles. The largest absolute Gasteiger partial charge is 0.496 e. The fraction of sp³-hybridized carbons (Fsp3) is 0.278. The van der Waals surface area contributed by atoms with Crippen molar-refractivity contribution in [2.45, 2.75) is 26.7 Å². The van der Waals surface area contributed by atoms with E-state index in [1.54, 1.807) is 25.3 Å². The monoisotopic (exact) mass is 283 g/mol. The van der Waals surface area contributed by atoms with Crippen molar-refractivity contribution in [2.24, 2.45) is 0 Å². The summed E-state index contributed by atoms with van der Waals surface area (Å²) < 4.78 is 5.30. The summed E-state index contributed by atoms with van der Waals surface area (Å²) in [6.07, 6.45) is 1.73. The zero-order valence-corrected chi connectivity index (χ0v) is 12.8. The van der Waals surface area contributed by atoms with Crippen LogP contribution in [0.3, 0.4) is 0 Å². The summed E-state index contributed by atoms with van der Waals surface area (Å²) in [5.74, 6) is 0.503. The first kappa shape index (κ1) is 15.1. The van der Waals surface area contributed by atoms with Crippen molar-refractivity contribution in [3.8, 4) is 5.75 Å². The van der Waals surface area contributed by atoms with Crippen molar-refractivity contribution in [3.05, 3.63) is 58.7 Å². The lowest BCUT2D eigenvalue weighted by atomic mass is 9.94. The minimum atomic E-state index is -0.0148. The van der Waals surface area contributed by atoms with Gasteiger partial charge >= 0.3 is 0 Å². The van der Waals surface area contributed by atoms with Gasteiger partial charge in [0, 0.05) is 17.3 Å². The number of rotatable bonds is 5. The summed E-state index contributed by atoms with van der Waals surface area (Å²) in [5.41, 5.74) is 9.85. The first-order chi connectivity index (χ1) is 10.1. The average Bonchev–Trinajstić information content (AvgIpc) is 2.53. The van der Waals surface area contributed by atoms with Gasteiger partial charge in [-0.25, -0.2) is 0 Å². The molecule has 0 atom stereocenters. The molecule has 0 bridgehead atoms. The van der Waals surface area contributed by atoms with Crippen LogP contribution >= 0.6 is 0 Å². The van der Waals surface area contributed by atoms with Gasteiger partial charge in [0.05, 0.1) is 12.7 Å². The highest BCUT2D eigenvalue weighted by Crippen LogP contribution is 2.26. The minimum absolute atomic E-state index is 0.0148. The Morgan fingerprint density at radius 2 is 1.81 bits per heavy atom. The highest BCUT2D eigenvalue weighted by Gasteiger charge is 2.17. The smallest absolute Gasteiger partial charge is 0.197 e. The molecule has 2 aromatic carbocycles. The Hall–Kier alpha value is -2.29. The number of carbonyl (C=O) groups excluding carboxylic acids is 1. The number of aryl methyl sites for hydroxylation is 2. The first-order valence-corrected chi connectivity index (χ1v) is 7.20. The van der Waals surface area contributed by atoms with E-state index >= 15 is 0 Å². The molecule has 21 heavy (non-hydrogen) atoms. The molecule has 2 N–H and O–H groups in total. The van der Waals surface area contributed by atoms with E-state index in [1.807, 2.05) is 12.1 Å². The molecule has 0 saturated heterocycles. The van der Waals surface area contributed by atoms with Crippen molar-refractivity contribution in [3.63, 3.8) is 0 Å². The molecule has 0 aromatic heterocycles. The number of ether oxygens (including phenoxy) is 1. The molecule has 0 amide bonds. The highest BCUT2D eigenvalue weighted by atomic mass is 16.5. The summed E-state index contributed by atoms with van der Waals surface area (Å²) in [4.78, 5) is 12.9. The van der Waals surface area contributed by atoms with Gasteiger partial charge in [-0.2, -0.15) is 0 Å². The molecule has 110 valence electrons. The molecule has 3 nitrogen and oxygen atoms in total. The van der Waals surface area contributed by atoms with Crippen LogP contribution in [-0.2, 0) is 12.8 Å². The van der Waals surface area contributed by atoms with E-state index in [0.29, 0.717) is 17.0 Å². The minimum Gasteiger partial charge on any atom is -0.496 e. The van der Waals surface area contributed by atoms with Crippen molar-refractivity contribution in [1.82, 2.24) is 0 Å². The Labute approximate surface area is 125 Å². The van der Waals surface area contributed by atoms with Crippen molar-refractivity contribution < 1.29 is 9.53 Å². The van der Waals surface area contributed by atoms with Gasteiger partial charge in [-0.1, -0.05) is 26.0 Å². The maximum atomic E-state index is 12.9. The van der Waals surface area contributed by atoms with Gasteiger partial charge in [-0.05, 0) is 42.2 Å². The highest BCUT2D eigenvalue weighted by molar-refractivity contribution is 6.11. The fourth-order valence-corrected chi connectivity index (χ4v) is 2.40. The van der Waals surface area contributed by atoms with Gasteiger partial charge < -0.3 is 10.5 Å². The van der Waals surface area contributed by atoms with Gasteiger partial charge in [-0.15, -0.1) is 0 Å². The molecule has 0 unspecified atom stereocenters. The summed E-state index contributed by atoms with van der Waals surface area (Å²) in [7, 11) is 1.55. The maximum Gasteiger partial charge on any atom is 0.197 e. The van der Waals surface area contributed by atoms with Crippen LogP contribution in [0.1, 0.15) is 40.9 Å². The normalized spacial score (nSPS) is 10.4. The molecule has 0 saturated carbocycles. The molecule has 0 aliphatic rings. The van der Waals surface area contributed by atoms with Crippen LogP contribution < -0.4 is 10.5 Å². The summed E-state index contributed by atoms with van der Waals surface area (Å²) >= 11 is 0. The molecule has 3 heteroatoms. The molecular formula is C18H21NO2.